The van der Waals surface area contributed by atoms with Gasteiger partial charge in [-0.3, -0.25) is 24.5 Å². The van der Waals surface area contributed by atoms with Crippen LogP contribution < -0.4 is 0 Å². The number of non-ortho nitro benzene ring substituents is 1. The van der Waals surface area contributed by atoms with E-state index in [2.05, 4.69) is 0 Å². The Balaban J connectivity index is 1.85. The van der Waals surface area contributed by atoms with Crippen LogP contribution in [-0.4, -0.2) is 37.0 Å². The van der Waals surface area contributed by atoms with Crippen molar-refractivity contribution in [2.45, 2.75) is 13.8 Å². The van der Waals surface area contributed by atoms with Crippen molar-refractivity contribution in [3.63, 3.8) is 0 Å². The maximum absolute atomic E-state index is 12.6. The van der Waals surface area contributed by atoms with Gasteiger partial charge in [0.1, 0.15) is 11.5 Å². The molecule has 1 aliphatic heterocycles. The Morgan fingerprint density at radius 1 is 1.17 bits per heavy atom. The summed E-state index contributed by atoms with van der Waals surface area (Å²) in [5.41, 5.74) is 0.590. The first-order valence-corrected chi connectivity index (χ1v) is 9.35. The molecule has 1 aromatic carbocycles. The molecule has 0 atom stereocenters. The van der Waals surface area contributed by atoms with Gasteiger partial charge in [0, 0.05) is 37.6 Å². The quantitative estimate of drug-likeness (QED) is 0.313. The standard InChI is InChI=1S/C18H13N3O6S2/c1-10(22)19(11(2)23)20-17(24)16(29-18(20)28)9-14-7-8-15(27-14)12-3-5-13(6-4-12)21(25)26/h3-9H,1-2H3. The van der Waals surface area contributed by atoms with Crippen LogP contribution in [0, 0.1) is 10.1 Å². The van der Waals surface area contributed by atoms with Crippen molar-refractivity contribution < 1.29 is 23.7 Å². The molecule has 29 heavy (non-hydrogen) atoms. The van der Waals surface area contributed by atoms with Crippen LogP contribution in [0.3, 0.4) is 0 Å². The molecule has 0 radical (unpaired) electrons. The Labute approximate surface area is 174 Å². The van der Waals surface area contributed by atoms with Crippen molar-refractivity contribution in [3.05, 3.63) is 57.2 Å². The van der Waals surface area contributed by atoms with Crippen LogP contribution in [-0.2, 0) is 14.4 Å². The summed E-state index contributed by atoms with van der Waals surface area (Å²) in [7, 11) is 0. The second-order valence-corrected chi connectivity index (χ2v) is 7.53. The van der Waals surface area contributed by atoms with Gasteiger partial charge in [0.2, 0.25) is 11.8 Å². The highest BCUT2D eigenvalue weighted by Crippen LogP contribution is 2.35. The zero-order chi connectivity index (χ0) is 21.3. The monoisotopic (exact) mass is 431 g/mol. The number of furan rings is 1. The average molecular weight is 431 g/mol. The van der Waals surface area contributed by atoms with E-state index >= 15 is 0 Å². The van der Waals surface area contributed by atoms with Crippen LogP contribution in [0.2, 0.25) is 0 Å². The Morgan fingerprint density at radius 2 is 1.79 bits per heavy atom. The summed E-state index contributed by atoms with van der Waals surface area (Å²) in [5.74, 6) is -1.08. The number of hydrogen-bond acceptors (Lipinski definition) is 8. The largest absolute Gasteiger partial charge is 0.457 e. The van der Waals surface area contributed by atoms with Gasteiger partial charge >= 0.3 is 0 Å². The fourth-order valence-electron chi connectivity index (χ4n) is 2.60. The van der Waals surface area contributed by atoms with Crippen LogP contribution in [0.1, 0.15) is 19.6 Å². The van der Waals surface area contributed by atoms with Crippen molar-refractivity contribution in [1.29, 1.82) is 0 Å². The number of hydrogen-bond donors (Lipinski definition) is 0. The molecular formula is C18H13N3O6S2. The number of thioether (sulfide) groups is 1. The van der Waals surface area contributed by atoms with Crippen LogP contribution in [0.4, 0.5) is 5.69 Å². The highest BCUT2D eigenvalue weighted by Gasteiger charge is 2.39. The number of nitro benzene ring substituents is 1. The van der Waals surface area contributed by atoms with E-state index in [1.54, 1.807) is 24.3 Å². The van der Waals surface area contributed by atoms with E-state index in [0.29, 0.717) is 22.1 Å². The lowest BCUT2D eigenvalue weighted by molar-refractivity contribution is -0.384. The molecule has 1 fully saturated rings. The third-order valence-corrected chi connectivity index (χ3v) is 5.12. The lowest BCUT2D eigenvalue weighted by Crippen LogP contribution is -2.50. The average Bonchev–Trinajstić information content (AvgIpc) is 3.22. The Morgan fingerprint density at radius 3 is 2.34 bits per heavy atom. The molecule has 11 heteroatoms. The number of rotatable bonds is 4. The minimum atomic E-state index is -0.631. The normalized spacial score (nSPS) is 15.1. The Hall–Kier alpha value is -3.31. The number of nitrogens with zero attached hydrogens (tertiary/aromatic N) is 3. The van der Waals surface area contributed by atoms with E-state index in [4.69, 9.17) is 16.6 Å². The van der Waals surface area contributed by atoms with Gasteiger partial charge in [-0.1, -0.05) is 11.8 Å². The molecule has 3 rings (SSSR count). The fourth-order valence-corrected chi connectivity index (χ4v) is 3.82. The summed E-state index contributed by atoms with van der Waals surface area (Å²) in [6, 6.07) is 9.11. The smallest absolute Gasteiger partial charge is 0.285 e. The minimum absolute atomic E-state index is 0.0373. The first kappa shape index (κ1) is 20.4. The molecule has 2 heterocycles. The predicted molar refractivity (Wildman–Crippen MR) is 109 cm³/mol. The van der Waals surface area contributed by atoms with Crippen molar-refractivity contribution in [3.8, 4) is 11.3 Å². The van der Waals surface area contributed by atoms with Gasteiger partial charge in [-0.25, -0.2) is 0 Å². The molecule has 148 valence electrons. The second-order valence-electron chi connectivity index (χ2n) is 5.85. The van der Waals surface area contributed by atoms with Gasteiger partial charge in [0.05, 0.1) is 9.83 Å². The van der Waals surface area contributed by atoms with Gasteiger partial charge in [-0.15, -0.1) is 0 Å². The van der Waals surface area contributed by atoms with Crippen molar-refractivity contribution >= 4 is 57.8 Å². The highest BCUT2D eigenvalue weighted by atomic mass is 32.2. The number of imide groups is 1. The Bertz CT molecular complexity index is 1060. The number of nitro groups is 1. The van der Waals surface area contributed by atoms with E-state index < -0.39 is 22.6 Å². The maximum atomic E-state index is 12.6. The minimum Gasteiger partial charge on any atom is -0.457 e. The van der Waals surface area contributed by atoms with Crippen molar-refractivity contribution in [1.82, 2.24) is 10.0 Å². The molecule has 1 aromatic heterocycles. The molecule has 0 saturated carbocycles. The first-order valence-electron chi connectivity index (χ1n) is 8.13. The number of thiocarbonyl (C=S) groups is 1. The number of carbonyl (C=O) groups is 3. The van der Waals surface area contributed by atoms with E-state index in [0.717, 1.165) is 30.6 Å². The molecule has 1 aliphatic rings. The maximum Gasteiger partial charge on any atom is 0.285 e. The Kier molecular flexibility index (Phi) is 5.62. The second kappa shape index (κ2) is 7.97. The molecule has 2 aromatic rings. The van der Waals surface area contributed by atoms with Gasteiger partial charge in [-0.05, 0) is 36.5 Å². The third kappa shape index (κ3) is 4.10. The predicted octanol–water partition coefficient (Wildman–Crippen LogP) is 3.37. The molecule has 0 aliphatic carbocycles. The van der Waals surface area contributed by atoms with Gasteiger partial charge in [-0.2, -0.15) is 10.0 Å². The topological polar surface area (TPSA) is 114 Å². The molecule has 9 nitrogen and oxygen atoms in total. The van der Waals surface area contributed by atoms with Crippen LogP contribution in [0.5, 0.6) is 0 Å². The molecule has 1 saturated heterocycles. The summed E-state index contributed by atoms with van der Waals surface area (Å²) in [6.07, 6.45) is 1.45. The van der Waals surface area contributed by atoms with Gasteiger partial charge in [0.25, 0.3) is 11.6 Å². The first-order chi connectivity index (χ1) is 13.7. The highest BCUT2D eigenvalue weighted by molar-refractivity contribution is 8.26. The van der Waals surface area contributed by atoms with E-state index in [1.165, 1.54) is 18.2 Å². The number of benzene rings is 1. The number of amides is 3. The summed E-state index contributed by atoms with van der Waals surface area (Å²) in [5, 5.41) is 12.3. The van der Waals surface area contributed by atoms with E-state index in [-0.39, 0.29) is 14.9 Å². The van der Waals surface area contributed by atoms with Gasteiger partial charge < -0.3 is 4.42 Å². The summed E-state index contributed by atoms with van der Waals surface area (Å²) in [6.45, 7) is 2.32. The number of carbonyl (C=O) groups excluding carboxylic acids is 3. The molecular weight excluding hydrogens is 418 g/mol. The fraction of sp³-hybridized carbons (Fsp3) is 0.111. The number of hydrazine groups is 1. The van der Waals surface area contributed by atoms with Crippen LogP contribution in [0.25, 0.3) is 17.4 Å². The zero-order valence-corrected chi connectivity index (χ0v) is 16.8. The van der Waals surface area contributed by atoms with Crippen molar-refractivity contribution in [2.75, 3.05) is 0 Å². The molecule has 0 spiro atoms. The summed E-state index contributed by atoms with van der Waals surface area (Å²) in [4.78, 5) is 46.5. The van der Waals surface area contributed by atoms with E-state index in [1.807, 2.05) is 0 Å². The molecule has 0 bridgehead atoms. The lowest BCUT2D eigenvalue weighted by atomic mass is 10.1. The van der Waals surface area contributed by atoms with Crippen molar-refractivity contribution in [2.24, 2.45) is 0 Å². The molecule has 0 N–H and O–H groups in total. The van der Waals surface area contributed by atoms with Gasteiger partial charge in [0.15, 0.2) is 4.32 Å². The molecule has 3 amide bonds. The SMILES string of the molecule is CC(=O)N(C(C)=O)N1C(=O)C(=Cc2ccc(-c3ccc([N+](=O)[O-])cc3)o2)SC1=S. The summed E-state index contributed by atoms with van der Waals surface area (Å²) < 4.78 is 5.73. The van der Waals surface area contributed by atoms with Crippen LogP contribution >= 0.6 is 24.0 Å². The third-order valence-electron chi connectivity index (χ3n) is 3.83. The van der Waals surface area contributed by atoms with Crippen LogP contribution in [0.15, 0.2) is 45.7 Å². The summed E-state index contributed by atoms with van der Waals surface area (Å²) >= 11 is 6.07. The van der Waals surface area contributed by atoms with E-state index in [9.17, 15) is 24.5 Å². The lowest BCUT2D eigenvalue weighted by Gasteiger charge is -2.26. The zero-order valence-electron chi connectivity index (χ0n) is 15.1. The molecule has 0 unspecified atom stereocenters.